The summed E-state index contributed by atoms with van der Waals surface area (Å²) in [6, 6.07) is 7.20. The molecule has 0 nitrogen and oxygen atoms in total. The molecule has 0 aliphatic carbocycles. The average Bonchev–Trinajstić information content (AvgIpc) is 2.39. The first-order chi connectivity index (χ1) is 9.26. The number of hydrogen-bond acceptors (Lipinski definition) is 0. The fraction of sp³-hybridized carbons (Fsp3) is 0.684. The maximum absolute atomic E-state index is 2.45. The summed E-state index contributed by atoms with van der Waals surface area (Å²) in [7, 11) is 0. The Labute approximate surface area is 120 Å². The van der Waals surface area contributed by atoms with Gasteiger partial charge in [0.05, 0.1) is 0 Å². The summed E-state index contributed by atoms with van der Waals surface area (Å²) in [6.45, 7) is 6.80. The van der Waals surface area contributed by atoms with E-state index in [-0.39, 0.29) is 0 Å². The predicted octanol–water partition coefficient (Wildman–Crippen LogP) is 6.24. The number of benzene rings is 1. The van der Waals surface area contributed by atoms with Crippen LogP contribution in [0.2, 0.25) is 0 Å². The van der Waals surface area contributed by atoms with Crippen molar-refractivity contribution in [2.24, 2.45) is 0 Å². The summed E-state index contributed by atoms with van der Waals surface area (Å²) in [4.78, 5) is 0. The number of aryl methyl sites for hydroxylation is 3. The van der Waals surface area contributed by atoms with Crippen molar-refractivity contribution in [1.82, 2.24) is 0 Å². The lowest BCUT2D eigenvalue weighted by Crippen LogP contribution is -1.93. The molecule has 0 atom stereocenters. The molecular formula is C19H32. The Kier molecular flexibility index (Phi) is 8.62. The molecule has 108 valence electrons. The van der Waals surface area contributed by atoms with Crippen LogP contribution in [-0.2, 0) is 12.8 Å². The quantitative estimate of drug-likeness (QED) is 0.437. The molecule has 0 saturated carbocycles. The third kappa shape index (κ3) is 7.40. The standard InChI is InChI=1S/C19H32/c1-4-6-8-10-12-18-14-17(3)15-19(16-18)13-11-9-7-5-2/h14-16H,4-13H2,1-3H3. The van der Waals surface area contributed by atoms with E-state index in [2.05, 4.69) is 39.0 Å². The van der Waals surface area contributed by atoms with Gasteiger partial charge in [-0.2, -0.15) is 0 Å². The Hall–Kier alpha value is -0.780. The van der Waals surface area contributed by atoms with Crippen LogP contribution in [0.15, 0.2) is 18.2 Å². The normalized spacial score (nSPS) is 10.9. The number of unbranched alkanes of at least 4 members (excludes halogenated alkanes) is 6. The minimum absolute atomic E-state index is 1.27. The first-order valence-electron chi connectivity index (χ1n) is 8.35. The van der Waals surface area contributed by atoms with Gasteiger partial charge in [-0.05, 0) is 43.7 Å². The summed E-state index contributed by atoms with van der Waals surface area (Å²) in [5, 5.41) is 0. The summed E-state index contributed by atoms with van der Waals surface area (Å²) < 4.78 is 0. The molecule has 0 aliphatic heterocycles. The van der Waals surface area contributed by atoms with Gasteiger partial charge in [0.2, 0.25) is 0 Å². The van der Waals surface area contributed by atoms with Crippen LogP contribution in [0.25, 0.3) is 0 Å². The monoisotopic (exact) mass is 260 g/mol. The van der Waals surface area contributed by atoms with Crippen molar-refractivity contribution in [1.29, 1.82) is 0 Å². The Bertz CT molecular complexity index is 308. The maximum Gasteiger partial charge on any atom is -0.0279 e. The largest absolute Gasteiger partial charge is 0.0654 e. The lowest BCUT2D eigenvalue weighted by atomic mass is 9.98. The molecule has 0 heteroatoms. The zero-order chi connectivity index (χ0) is 13.9. The van der Waals surface area contributed by atoms with E-state index in [0.717, 1.165) is 0 Å². The molecule has 0 unspecified atom stereocenters. The van der Waals surface area contributed by atoms with Crippen LogP contribution in [0, 0.1) is 6.92 Å². The zero-order valence-electron chi connectivity index (χ0n) is 13.3. The smallest absolute Gasteiger partial charge is 0.0279 e. The van der Waals surface area contributed by atoms with Crippen LogP contribution in [0.5, 0.6) is 0 Å². The van der Waals surface area contributed by atoms with Gasteiger partial charge in [0, 0.05) is 0 Å². The molecule has 19 heavy (non-hydrogen) atoms. The highest BCUT2D eigenvalue weighted by Crippen LogP contribution is 2.16. The predicted molar refractivity (Wildman–Crippen MR) is 86.9 cm³/mol. The number of rotatable bonds is 10. The summed E-state index contributed by atoms with van der Waals surface area (Å²) in [6.07, 6.45) is 13.4. The Morgan fingerprint density at radius 3 is 1.53 bits per heavy atom. The van der Waals surface area contributed by atoms with Crippen molar-refractivity contribution in [3.63, 3.8) is 0 Å². The molecule has 0 aliphatic rings. The van der Waals surface area contributed by atoms with Crippen molar-refractivity contribution < 1.29 is 0 Å². The Morgan fingerprint density at radius 1 is 0.632 bits per heavy atom. The molecule has 1 rings (SSSR count). The van der Waals surface area contributed by atoms with Gasteiger partial charge in [0.15, 0.2) is 0 Å². The summed E-state index contributed by atoms with van der Waals surface area (Å²) in [5.41, 5.74) is 4.56. The summed E-state index contributed by atoms with van der Waals surface area (Å²) >= 11 is 0. The third-order valence-electron chi connectivity index (χ3n) is 3.83. The van der Waals surface area contributed by atoms with E-state index in [9.17, 15) is 0 Å². The van der Waals surface area contributed by atoms with Crippen LogP contribution < -0.4 is 0 Å². The zero-order valence-corrected chi connectivity index (χ0v) is 13.3. The molecule has 0 radical (unpaired) electrons. The van der Waals surface area contributed by atoms with Gasteiger partial charge in [0.25, 0.3) is 0 Å². The molecule has 0 saturated heterocycles. The van der Waals surface area contributed by atoms with E-state index < -0.39 is 0 Å². The van der Waals surface area contributed by atoms with Crippen molar-refractivity contribution in [2.45, 2.75) is 85.0 Å². The molecule has 0 bridgehead atoms. The van der Waals surface area contributed by atoms with Gasteiger partial charge in [-0.3, -0.25) is 0 Å². The van der Waals surface area contributed by atoms with E-state index >= 15 is 0 Å². The third-order valence-corrected chi connectivity index (χ3v) is 3.83. The fourth-order valence-corrected chi connectivity index (χ4v) is 2.75. The van der Waals surface area contributed by atoms with Crippen molar-refractivity contribution in [3.8, 4) is 0 Å². The Morgan fingerprint density at radius 2 is 1.11 bits per heavy atom. The molecule has 0 N–H and O–H groups in total. The van der Waals surface area contributed by atoms with Gasteiger partial charge < -0.3 is 0 Å². The first-order valence-corrected chi connectivity index (χ1v) is 8.35. The second kappa shape index (κ2) is 10.1. The molecule has 0 spiro atoms. The van der Waals surface area contributed by atoms with Gasteiger partial charge in [-0.1, -0.05) is 76.1 Å². The van der Waals surface area contributed by atoms with Crippen LogP contribution in [0.1, 0.15) is 81.9 Å². The highest BCUT2D eigenvalue weighted by Gasteiger charge is 2.00. The molecule has 0 heterocycles. The minimum Gasteiger partial charge on any atom is -0.0654 e. The topological polar surface area (TPSA) is 0 Å². The minimum atomic E-state index is 1.27. The maximum atomic E-state index is 2.45. The highest BCUT2D eigenvalue weighted by molar-refractivity contribution is 5.29. The molecule has 0 fully saturated rings. The second-order valence-electron chi connectivity index (χ2n) is 5.95. The van der Waals surface area contributed by atoms with E-state index in [0.29, 0.717) is 0 Å². The van der Waals surface area contributed by atoms with Crippen LogP contribution in [-0.4, -0.2) is 0 Å². The molecule has 0 amide bonds. The fourth-order valence-electron chi connectivity index (χ4n) is 2.75. The van der Waals surface area contributed by atoms with E-state index in [1.807, 2.05) is 0 Å². The van der Waals surface area contributed by atoms with E-state index in [1.54, 1.807) is 11.1 Å². The first kappa shape index (κ1) is 16.3. The highest BCUT2D eigenvalue weighted by atomic mass is 14.1. The van der Waals surface area contributed by atoms with Crippen molar-refractivity contribution >= 4 is 0 Å². The molecule has 1 aromatic carbocycles. The van der Waals surface area contributed by atoms with Crippen molar-refractivity contribution in [2.75, 3.05) is 0 Å². The van der Waals surface area contributed by atoms with Crippen LogP contribution >= 0.6 is 0 Å². The van der Waals surface area contributed by atoms with Crippen LogP contribution in [0.4, 0.5) is 0 Å². The summed E-state index contributed by atoms with van der Waals surface area (Å²) in [5.74, 6) is 0. The van der Waals surface area contributed by atoms with Gasteiger partial charge in [-0.25, -0.2) is 0 Å². The van der Waals surface area contributed by atoms with Gasteiger partial charge in [0.1, 0.15) is 0 Å². The Balaban J connectivity index is 2.41. The molecule has 0 aromatic heterocycles. The SMILES string of the molecule is CCCCCCc1cc(C)cc(CCCCCC)c1. The lowest BCUT2D eigenvalue weighted by Gasteiger charge is -2.08. The van der Waals surface area contributed by atoms with Crippen molar-refractivity contribution in [3.05, 3.63) is 34.9 Å². The number of hydrogen-bond donors (Lipinski definition) is 0. The molecular weight excluding hydrogens is 228 g/mol. The van der Waals surface area contributed by atoms with E-state index in [4.69, 9.17) is 0 Å². The lowest BCUT2D eigenvalue weighted by molar-refractivity contribution is 0.661. The molecule has 1 aromatic rings. The van der Waals surface area contributed by atoms with Crippen LogP contribution in [0.3, 0.4) is 0 Å². The average molecular weight is 260 g/mol. The van der Waals surface area contributed by atoms with E-state index in [1.165, 1.54) is 69.8 Å². The van der Waals surface area contributed by atoms with Gasteiger partial charge >= 0.3 is 0 Å². The van der Waals surface area contributed by atoms with Gasteiger partial charge in [-0.15, -0.1) is 0 Å². The second-order valence-corrected chi connectivity index (χ2v) is 5.95.